The molecule has 0 spiro atoms. The van der Waals surface area contributed by atoms with E-state index in [0.29, 0.717) is 5.56 Å². The average Bonchev–Trinajstić information content (AvgIpc) is 3.15. The third-order valence-corrected chi connectivity index (χ3v) is 6.29. The van der Waals surface area contributed by atoms with E-state index < -0.39 is 34.4 Å². The van der Waals surface area contributed by atoms with Gasteiger partial charge >= 0.3 is 6.18 Å². The molecule has 0 fully saturated rings. The number of aliphatic hydroxyl groups excluding tert-OH is 1. The molecule has 1 N–H and O–H groups in total. The van der Waals surface area contributed by atoms with E-state index in [-0.39, 0.29) is 17.0 Å². The summed E-state index contributed by atoms with van der Waals surface area (Å²) in [5, 5.41) is 14.5. The maximum absolute atomic E-state index is 13.3. The van der Waals surface area contributed by atoms with Gasteiger partial charge in [-0.15, -0.1) is 0 Å². The molecule has 0 aliphatic heterocycles. The third kappa shape index (κ3) is 4.89. The smallest absolute Gasteiger partial charge is 0.387 e. The summed E-state index contributed by atoms with van der Waals surface area (Å²) in [6.45, 7) is -0.678. The molecule has 10 heteroatoms. The van der Waals surface area contributed by atoms with Crippen LogP contribution in [0.4, 0.5) is 13.2 Å². The first kappa shape index (κ1) is 22.0. The van der Waals surface area contributed by atoms with Crippen LogP contribution >= 0.6 is 0 Å². The van der Waals surface area contributed by atoms with Gasteiger partial charge in [0.1, 0.15) is 4.90 Å². The van der Waals surface area contributed by atoms with Crippen LogP contribution in [0, 0.1) is 0 Å². The van der Waals surface area contributed by atoms with Gasteiger partial charge in [-0.1, -0.05) is 48.5 Å². The molecule has 6 nitrogen and oxygen atoms in total. The van der Waals surface area contributed by atoms with Gasteiger partial charge in [-0.3, -0.25) is 4.68 Å². The number of nitrogens with zero attached hydrogens (tertiary/aromatic N) is 3. The lowest BCUT2D eigenvalue weighted by molar-refractivity contribution is -0.139. The molecule has 3 aromatic rings. The number of hydrogen-bond acceptors (Lipinski definition) is 4. The molecular formula is C20H20F3N3O3S. The first-order valence-electron chi connectivity index (χ1n) is 8.96. The Balaban J connectivity index is 1.97. The van der Waals surface area contributed by atoms with E-state index in [2.05, 4.69) is 5.10 Å². The van der Waals surface area contributed by atoms with Gasteiger partial charge in [-0.05, 0) is 17.2 Å². The van der Waals surface area contributed by atoms with E-state index >= 15 is 0 Å². The summed E-state index contributed by atoms with van der Waals surface area (Å²) in [5.74, 6) is 0. The topological polar surface area (TPSA) is 75.4 Å². The van der Waals surface area contributed by atoms with Crippen LogP contribution in [0.25, 0.3) is 0 Å². The zero-order valence-corrected chi connectivity index (χ0v) is 16.8. The lowest BCUT2D eigenvalue weighted by Gasteiger charge is -2.26. The predicted molar refractivity (Wildman–Crippen MR) is 104 cm³/mol. The highest BCUT2D eigenvalue weighted by molar-refractivity contribution is 7.89. The van der Waals surface area contributed by atoms with Crippen molar-refractivity contribution in [1.29, 1.82) is 0 Å². The Morgan fingerprint density at radius 2 is 1.73 bits per heavy atom. The molecule has 0 unspecified atom stereocenters. The summed E-state index contributed by atoms with van der Waals surface area (Å²) in [7, 11) is -2.57. The highest BCUT2D eigenvalue weighted by Crippen LogP contribution is 2.35. The fraction of sp³-hybridized carbons (Fsp3) is 0.250. The second-order valence-electron chi connectivity index (χ2n) is 6.73. The maximum atomic E-state index is 13.3. The number of halogens is 3. The van der Waals surface area contributed by atoms with Crippen LogP contribution in [-0.2, 0) is 29.8 Å². The van der Waals surface area contributed by atoms with Crippen molar-refractivity contribution < 1.29 is 26.7 Å². The quantitative estimate of drug-likeness (QED) is 0.613. The number of benzene rings is 2. The van der Waals surface area contributed by atoms with Crippen molar-refractivity contribution in [3.63, 3.8) is 0 Å². The molecule has 2 aromatic carbocycles. The number of aromatic nitrogens is 2. The van der Waals surface area contributed by atoms with Gasteiger partial charge in [0.05, 0.1) is 17.9 Å². The number of aryl methyl sites for hydroxylation is 1. The molecule has 1 heterocycles. The van der Waals surface area contributed by atoms with Gasteiger partial charge < -0.3 is 5.11 Å². The van der Waals surface area contributed by atoms with E-state index in [9.17, 15) is 26.7 Å². The van der Waals surface area contributed by atoms with Crippen LogP contribution in [0.2, 0.25) is 0 Å². The minimum Gasteiger partial charge on any atom is -0.387 e. The van der Waals surface area contributed by atoms with Gasteiger partial charge in [0.25, 0.3) is 0 Å². The predicted octanol–water partition coefficient (Wildman–Crippen LogP) is 3.36. The molecule has 1 atom stereocenters. The molecular weight excluding hydrogens is 419 g/mol. The van der Waals surface area contributed by atoms with Gasteiger partial charge in [-0.25, -0.2) is 8.42 Å². The van der Waals surface area contributed by atoms with Crippen LogP contribution in [0.1, 0.15) is 22.8 Å². The van der Waals surface area contributed by atoms with E-state index in [1.807, 2.05) is 0 Å². The minimum atomic E-state index is -4.68. The first-order valence-corrected chi connectivity index (χ1v) is 10.4. The molecule has 0 amide bonds. The standard InChI is InChI=1S/C20H20F3N3O3S/c1-25-13-16(11-24-25)30(28,29)26(12-15-7-3-2-4-8-15)14-19(27)17-9-5-6-10-18(17)20(21,22)23/h2-11,13,19,27H,12,14H2,1H3/t19-/m1/s1. The van der Waals surface area contributed by atoms with Crippen molar-refractivity contribution >= 4 is 10.0 Å². The van der Waals surface area contributed by atoms with Crippen molar-refractivity contribution in [2.75, 3.05) is 6.54 Å². The Kier molecular flexibility index (Phi) is 6.30. The molecule has 0 radical (unpaired) electrons. The Morgan fingerprint density at radius 1 is 1.10 bits per heavy atom. The average molecular weight is 439 g/mol. The van der Waals surface area contributed by atoms with Crippen molar-refractivity contribution in [2.45, 2.75) is 23.7 Å². The summed E-state index contributed by atoms with van der Waals surface area (Å²) in [5.41, 5.74) is -0.762. The minimum absolute atomic E-state index is 0.114. The molecule has 0 saturated heterocycles. The van der Waals surface area contributed by atoms with E-state index in [1.54, 1.807) is 37.4 Å². The van der Waals surface area contributed by atoms with E-state index in [1.165, 1.54) is 23.0 Å². The summed E-state index contributed by atoms with van der Waals surface area (Å²) >= 11 is 0. The number of sulfonamides is 1. The normalized spacial score (nSPS) is 13.5. The Hall–Kier alpha value is -2.69. The van der Waals surface area contributed by atoms with Gasteiger partial charge in [0, 0.05) is 26.3 Å². The summed E-state index contributed by atoms with van der Waals surface area (Å²) in [6, 6.07) is 13.2. The molecule has 3 rings (SSSR count). The Morgan fingerprint density at radius 3 is 2.33 bits per heavy atom. The second kappa shape index (κ2) is 8.58. The zero-order valence-electron chi connectivity index (χ0n) is 16.0. The maximum Gasteiger partial charge on any atom is 0.416 e. The highest BCUT2D eigenvalue weighted by Gasteiger charge is 2.36. The molecule has 160 valence electrons. The van der Waals surface area contributed by atoms with Crippen LogP contribution in [0.3, 0.4) is 0 Å². The van der Waals surface area contributed by atoms with Crippen molar-refractivity contribution in [1.82, 2.24) is 14.1 Å². The van der Waals surface area contributed by atoms with Crippen molar-refractivity contribution in [3.8, 4) is 0 Å². The molecule has 1 aromatic heterocycles. The molecule has 0 saturated carbocycles. The first-order chi connectivity index (χ1) is 14.1. The summed E-state index contributed by atoms with van der Waals surface area (Å²) < 4.78 is 68.6. The monoisotopic (exact) mass is 439 g/mol. The van der Waals surface area contributed by atoms with Gasteiger partial charge in [0.2, 0.25) is 10.0 Å². The summed E-state index contributed by atoms with van der Waals surface area (Å²) in [4.78, 5) is -0.114. The molecule has 0 aliphatic rings. The van der Waals surface area contributed by atoms with Crippen LogP contribution in [0.15, 0.2) is 71.9 Å². The Labute approximate surface area is 172 Å². The zero-order chi connectivity index (χ0) is 21.9. The SMILES string of the molecule is Cn1cc(S(=O)(=O)N(Cc2ccccc2)C[C@@H](O)c2ccccc2C(F)(F)F)cn1. The van der Waals surface area contributed by atoms with Crippen molar-refractivity contribution in [2.24, 2.45) is 7.05 Å². The molecule has 0 bridgehead atoms. The largest absolute Gasteiger partial charge is 0.416 e. The van der Waals surface area contributed by atoms with E-state index in [0.717, 1.165) is 22.6 Å². The number of rotatable bonds is 7. The van der Waals surface area contributed by atoms with Gasteiger partial charge in [-0.2, -0.15) is 22.6 Å². The number of alkyl halides is 3. The summed E-state index contributed by atoms with van der Waals surface area (Å²) in [6.07, 6.45) is -3.91. The molecule has 0 aliphatic carbocycles. The molecule has 30 heavy (non-hydrogen) atoms. The van der Waals surface area contributed by atoms with Crippen LogP contribution in [0.5, 0.6) is 0 Å². The third-order valence-electron chi connectivity index (χ3n) is 4.52. The lowest BCUT2D eigenvalue weighted by atomic mass is 10.0. The van der Waals surface area contributed by atoms with Gasteiger partial charge in [0.15, 0.2) is 0 Å². The van der Waals surface area contributed by atoms with E-state index in [4.69, 9.17) is 0 Å². The fourth-order valence-corrected chi connectivity index (χ4v) is 4.47. The second-order valence-corrected chi connectivity index (χ2v) is 8.67. The fourth-order valence-electron chi connectivity index (χ4n) is 3.05. The Bertz CT molecular complexity index is 1100. The number of aliphatic hydroxyl groups is 1. The van der Waals surface area contributed by atoms with Crippen LogP contribution in [-0.4, -0.2) is 34.2 Å². The van der Waals surface area contributed by atoms with Crippen molar-refractivity contribution in [3.05, 3.63) is 83.7 Å². The lowest BCUT2D eigenvalue weighted by Crippen LogP contribution is -2.34. The van der Waals surface area contributed by atoms with Crippen LogP contribution < -0.4 is 0 Å². The number of hydrogen-bond donors (Lipinski definition) is 1. The highest BCUT2D eigenvalue weighted by atomic mass is 32.2.